The van der Waals surface area contributed by atoms with E-state index >= 15 is 0 Å². The van der Waals surface area contributed by atoms with Gasteiger partial charge in [-0.3, -0.25) is 29.1 Å². The van der Waals surface area contributed by atoms with Crippen LogP contribution in [0.15, 0.2) is 42.7 Å². The van der Waals surface area contributed by atoms with Gasteiger partial charge in [-0.1, -0.05) is 38.5 Å². The van der Waals surface area contributed by atoms with Gasteiger partial charge in [-0.25, -0.2) is 10.9 Å². The molecule has 3 aliphatic rings. The van der Waals surface area contributed by atoms with Crippen molar-refractivity contribution in [2.45, 2.75) is 63.7 Å². The number of carbonyl (C=O) groups excluding carboxylic acids is 4. The SMILES string of the molecule is CC[C@H](C)[C@H](NC(=O)c1ccncc1)C(=O)N[C@H]1CCc2cccc3c2N(C1=O)[C@H](C(=O)NCC1CNNN1)C3. The lowest BCUT2D eigenvalue weighted by Gasteiger charge is -2.30. The molecule has 1 aromatic carbocycles. The van der Waals surface area contributed by atoms with Crippen LogP contribution in [0.2, 0.25) is 0 Å². The van der Waals surface area contributed by atoms with Gasteiger partial charge < -0.3 is 16.0 Å². The highest BCUT2D eigenvalue weighted by Crippen LogP contribution is 2.39. The Bertz CT molecular complexity index is 1270. The van der Waals surface area contributed by atoms with Crippen LogP contribution >= 0.6 is 0 Å². The molecular weight excluding hydrogens is 512 g/mol. The van der Waals surface area contributed by atoms with E-state index in [1.54, 1.807) is 17.0 Å². The van der Waals surface area contributed by atoms with Gasteiger partial charge in [0.2, 0.25) is 17.7 Å². The van der Waals surface area contributed by atoms with Gasteiger partial charge in [0.15, 0.2) is 0 Å². The largest absolute Gasteiger partial charge is 0.353 e. The molecule has 1 saturated heterocycles. The van der Waals surface area contributed by atoms with Crippen LogP contribution in [0.1, 0.15) is 48.2 Å². The number of para-hydroxylation sites is 1. The van der Waals surface area contributed by atoms with Crippen molar-refractivity contribution in [1.82, 2.24) is 37.3 Å². The minimum atomic E-state index is -0.838. The molecule has 5 rings (SSSR count). The van der Waals surface area contributed by atoms with Gasteiger partial charge in [-0.2, -0.15) is 5.53 Å². The Balaban J connectivity index is 1.33. The number of hydrazine groups is 2. The number of amides is 4. The van der Waals surface area contributed by atoms with Crippen molar-refractivity contribution in [3.63, 3.8) is 0 Å². The second-order valence-corrected chi connectivity index (χ2v) is 10.6. The van der Waals surface area contributed by atoms with Gasteiger partial charge in [0.25, 0.3) is 5.91 Å². The summed E-state index contributed by atoms with van der Waals surface area (Å²) in [7, 11) is 0. The molecule has 1 fully saturated rings. The zero-order chi connectivity index (χ0) is 28.2. The maximum Gasteiger partial charge on any atom is 0.252 e. The summed E-state index contributed by atoms with van der Waals surface area (Å²) in [6.45, 7) is 4.88. The Kier molecular flexibility index (Phi) is 8.38. The Labute approximate surface area is 233 Å². The number of carbonyl (C=O) groups is 4. The average Bonchev–Trinajstić information content (AvgIpc) is 3.61. The molecule has 4 amide bonds. The van der Waals surface area contributed by atoms with Gasteiger partial charge in [0, 0.05) is 37.5 Å². The number of hydrogen-bond donors (Lipinski definition) is 6. The summed E-state index contributed by atoms with van der Waals surface area (Å²) in [6, 6.07) is 6.68. The zero-order valence-corrected chi connectivity index (χ0v) is 22.7. The van der Waals surface area contributed by atoms with E-state index in [4.69, 9.17) is 0 Å². The number of rotatable bonds is 9. The normalized spacial score (nSPS) is 23.1. The zero-order valence-electron chi connectivity index (χ0n) is 22.7. The fraction of sp³-hybridized carbons (Fsp3) is 0.464. The van der Waals surface area contributed by atoms with E-state index in [-0.39, 0.29) is 29.7 Å². The molecule has 3 aliphatic heterocycles. The lowest BCUT2D eigenvalue weighted by atomic mass is 9.96. The standard InChI is InChI=1S/C28H36N8O4/c1-3-16(2)23(33-25(37)18-9-11-29-12-10-18)27(39)32-21-8-7-17-5-4-6-19-13-22(36(24(17)19)28(21)40)26(38)30-14-20-15-31-35-34-20/h4-6,9-12,16,20-23,31,34-35H,3,7-8,13-15H2,1-2H3,(H,30,38)(H,32,39)(H,33,37)/t16-,20?,21-,22-,23-/m0/s1. The molecule has 2 aromatic rings. The summed E-state index contributed by atoms with van der Waals surface area (Å²) in [6.07, 6.45) is 5.06. The Morgan fingerprint density at radius 2 is 1.93 bits per heavy atom. The molecule has 0 radical (unpaired) electrons. The first-order valence-electron chi connectivity index (χ1n) is 13.8. The molecule has 1 aromatic heterocycles. The number of hydrogen-bond acceptors (Lipinski definition) is 8. The maximum atomic E-state index is 14.0. The molecule has 0 spiro atoms. The molecule has 0 bridgehead atoms. The third kappa shape index (κ3) is 5.69. The minimum absolute atomic E-state index is 0.0232. The van der Waals surface area contributed by atoms with E-state index in [0.29, 0.717) is 44.3 Å². The van der Waals surface area contributed by atoms with Crippen molar-refractivity contribution in [3.05, 3.63) is 59.4 Å². The van der Waals surface area contributed by atoms with Crippen LogP contribution in [0.25, 0.3) is 0 Å². The Morgan fingerprint density at radius 1 is 1.15 bits per heavy atom. The molecule has 1 unspecified atom stereocenters. The first kappa shape index (κ1) is 27.7. The predicted octanol–water partition coefficient (Wildman–Crippen LogP) is -0.288. The summed E-state index contributed by atoms with van der Waals surface area (Å²) < 4.78 is 0. The van der Waals surface area contributed by atoms with Crippen LogP contribution in [0.3, 0.4) is 0 Å². The number of nitrogens with zero attached hydrogens (tertiary/aromatic N) is 2. The third-order valence-corrected chi connectivity index (χ3v) is 7.99. The molecule has 12 nitrogen and oxygen atoms in total. The average molecular weight is 549 g/mol. The molecular formula is C28H36N8O4. The molecule has 0 aliphatic carbocycles. The Morgan fingerprint density at radius 3 is 2.65 bits per heavy atom. The second kappa shape index (κ2) is 12.1. The highest BCUT2D eigenvalue weighted by Gasteiger charge is 2.44. The fourth-order valence-corrected chi connectivity index (χ4v) is 5.51. The maximum absolute atomic E-state index is 14.0. The molecule has 212 valence electrons. The molecule has 6 N–H and O–H groups in total. The lowest BCUT2D eigenvalue weighted by molar-refractivity contribution is -0.130. The van der Waals surface area contributed by atoms with Gasteiger partial charge in [0.1, 0.15) is 18.1 Å². The van der Waals surface area contributed by atoms with E-state index in [2.05, 4.69) is 37.3 Å². The van der Waals surface area contributed by atoms with E-state index in [0.717, 1.165) is 16.8 Å². The first-order valence-corrected chi connectivity index (χ1v) is 13.8. The number of benzene rings is 1. The van der Waals surface area contributed by atoms with Gasteiger partial charge in [-0.05, 0) is 42.0 Å². The van der Waals surface area contributed by atoms with Crippen molar-refractivity contribution in [1.29, 1.82) is 0 Å². The number of aromatic nitrogens is 1. The van der Waals surface area contributed by atoms with Crippen molar-refractivity contribution in [2.75, 3.05) is 18.0 Å². The smallest absolute Gasteiger partial charge is 0.252 e. The van der Waals surface area contributed by atoms with E-state index < -0.39 is 24.0 Å². The topological polar surface area (TPSA) is 157 Å². The summed E-state index contributed by atoms with van der Waals surface area (Å²) in [5.74, 6) is -1.53. The third-order valence-electron chi connectivity index (χ3n) is 7.99. The summed E-state index contributed by atoms with van der Waals surface area (Å²) >= 11 is 0. The van der Waals surface area contributed by atoms with E-state index in [1.807, 2.05) is 32.0 Å². The van der Waals surface area contributed by atoms with Crippen LogP contribution in [0.5, 0.6) is 0 Å². The molecule has 0 saturated carbocycles. The number of nitrogens with one attached hydrogen (secondary N) is 6. The van der Waals surface area contributed by atoms with Crippen molar-refractivity contribution in [2.24, 2.45) is 5.92 Å². The van der Waals surface area contributed by atoms with Crippen LogP contribution in [0.4, 0.5) is 5.69 Å². The Hall–Kier alpha value is -3.87. The van der Waals surface area contributed by atoms with E-state index in [1.165, 1.54) is 12.4 Å². The molecule has 12 heteroatoms. The highest BCUT2D eigenvalue weighted by molar-refractivity contribution is 6.08. The predicted molar refractivity (Wildman–Crippen MR) is 148 cm³/mol. The lowest BCUT2D eigenvalue weighted by Crippen LogP contribution is -2.58. The first-order chi connectivity index (χ1) is 19.4. The van der Waals surface area contributed by atoms with Gasteiger partial charge in [-0.15, -0.1) is 0 Å². The second-order valence-electron chi connectivity index (χ2n) is 10.6. The van der Waals surface area contributed by atoms with Crippen molar-refractivity contribution >= 4 is 29.3 Å². The van der Waals surface area contributed by atoms with Gasteiger partial charge in [0.05, 0.1) is 11.7 Å². The number of anilines is 1. The fourth-order valence-electron chi connectivity index (χ4n) is 5.51. The molecule has 5 atom stereocenters. The van der Waals surface area contributed by atoms with Crippen LogP contribution < -0.4 is 37.2 Å². The summed E-state index contributed by atoms with van der Waals surface area (Å²) in [5.41, 5.74) is 11.9. The summed E-state index contributed by atoms with van der Waals surface area (Å²) in [4.78, 5) is 59.3. The quantitative estimate of drug-likeness (QED) is 0.250. The van der Waals surface area contributed by atoms with Crippen molar-refractivity contribution in [3.8, 4) is 0 Å². The summed E-state index contributed by atoms with van der Waals surface area (Å²) in [5, 5.41) is 8.74. The van der Waals surface area contributed by atoms with Crippen molar-refractivity contribution < 1.29 is 19.2 Å². The monoisotopic (exact) mass is 548 g/mol. The number of aryl methyl sites for hydroxylation is 1. The minimum Gasteiger partial charge on any atom is -0.353 e. The van der Waals surface area contributed by atoms with Gasteiger partial charge >= 0.3 is 0 Å². The van der Waals surface area contributed by atoms with Crippen LogP contribution in [-0.2, 0) is 27.2 Å². The molecule has 4 heterocycles. The number of pyridine rings is 1. The van der Waals surface area contributed by atoms with Crippen LogP contribution in [0, 0.1) is 5.92 Å². The van der Waals surface area contributed by atoms with E-state index in [9.17, 15) is 19.2 Å². The molecule has 40 heavy (non-hydrogen) atoms. The van der Waals surface area contributed by atoms with Crippen LogP contribution in [-0.4, -0.2) is 65.9 Å². The highest BCUT2D eigenvalue weighted by atomic mass is 16.2.